The van der Waals surface area contributed by atoms with Crippen LogP contribution in [0.2, 0.25) is 0 Å². The number of hydrogen-bond donors (Lipinski definition) is 2. The number of nitrogens with two attached hydrogens (primary N) is 1. The van der Waals surface area contributed by atoms with Crippen molar-refractivity contribution in [2.45, 2.75) is 86.8 Å². The van der Waals surface area contributed by atoms with Gasteiger partial charge in [0.15, 0.2) is 0 Å². The Balaban J connectivity index is 0. The van der Waals surface area contributed by atoms with Gasteiger partial charge in [0, 0.05) is 17.6 Å². The van der Waals surface area contributed by atoms with Gasteiger partial charge in [0.1, 0.15) is 0 Å². The lowest BCUT2D eigenvalue weighted by Gasteiger charge is -2.35. The molecule has 134 valence electrons. The molecule has 0 fully saturated rings. The Morgan fingerprint density at radius 1 is 1.14 bits per heavy atom. The summed E-state index contributed by atoms with van der Waals surface area (Å²) in [5.41, 5.74) is 4.47. The molecule has 0 spiro atoms. The first-order valence-electron chi connectivity index (χ1n) is 8.55. The van der Waals surface area contributed by atoms with E-state index in [0.717, 1.165) is 19.4 Å². The maximum Gasteiger partial charge on any atom is 0.226 e. The average Bonchev–Trinajstić information content (AvgIpc) is 2.37. The summed E-state index contributed by atoms with van der Waals surface area (Å²) < 4.78 is 5.53. The van der Waals surface area contributed by atoms with E-state index in [1.807, 2.05) is 27.7 Å². The van der Waals surface area contributed by atoms with Gasteiger partial charge in [-0.3, -0.25) is 4.79 Å². The van der Waals surface area contributed by atoms with E-state index in [1.54, 1.807) is 0 Å². The number of rotatable bonds is 8. The van der Waals surface area contributed by atoms with Gasteiger partial charge in [-0.2, -0.15) is 0 Å². The molecule has 0 saturated heterocycles. The number of amides is 1. The van der Waals surface area contributed by atoms with Crippen molar-refractivity contribution in [3.8, 4) is 0 Å². The molecule has 0 aliphatic carbocycles. The van der Waals surface area contributed by atoms with Crippen LogP contribution in [-0.4, -0.2) is 30.7 Å². The van der Waals surface area contributed by atoms with Crippen LogP contribution in [-0.2, 0) is 9.53 Å². The zero-order valence-corrected chi connectivity index (χ0v) is 16.4. The van der Waals surface area contributed by atoms with Gasteiger partial charge in [-0.15, -0.1) is 0 Å². The first kappa shape index (κ1) is 23.7. The number of ether oxygens (including phenoxy) is 1. The second-order valence-electron chi connectivity index (χ2n) is 7.67. The molecule has 0 aromatic rings. The van der Waals surface area contributed by atoms with Crippen LogP contribution in [0.15, 0.2) is 0 Å². The molecule has 4 heteroatoms. The van der Waals surface area contributed by atoms with Gasteiger partial charge in [-0.25, -0.2) is 0 Å². The summed E-state index contributed by atoms with van der Waals surface area (Å²) in [7, 11) is 0. The lowest BCUT2D eigenvalue weighted by Crippen LogP contribution is -2.52. The Labute approximate surface area is 138 Å². The molecule has 4 nitrogen and oxygen atoms in total. The largest absolute Gasteiger partial charge is 0.379 e. The molecule has 0 saturated carbocycles. The third kappa shape index (κ3) is 11.0. The maximum absolute atomic E-state index is 12.3. The summed E-state index contributed by atoms with van der Waals surface area (Å²) in [4.78, 5) is 12.3. The van der Waals surface area contributed by atoms with Crippen molar-refractivity contribution in [2.75, 3.05) is 13.2 Å². The summed E-state index contributed by atoms with van der Waals surface area (Å²) >= 11 is 0. The van der Waals surface area contributed by atoms with Crippen molar-refractivity contribution >= 4 is 5.91 Å². The molecule has 22 heavy (non-hydrogen) atoms. The summed E-state index contributed by atoms with van der Waals surface area (Å²) in [5.74, 6) is 0.512. The molecule has 0 aliphatic heterocycles. The van der Waals surface area contributed by atoms with Gasteiger partial charge in [-0.1, -0.05) is 34.6 Å². The molecule has 0 unspecified atom stereocenters. The summed E-state index contributed by atoms with van der Waals surface area (Å²) in [6.45, 7) is 19.8. The van der Waals surface area contributed by atoms with Gasteiger partial charge in [0.25, 0.3) is 0 Å². The topological polar surface area (TPSA) is 64.3 Å². The highest BCUT2D eigenvalue weighted by Gasteiger charge is 2.33. The molecular formula is C18H40N2O2. The molecule has 0 aromatic heterocycles. The van der Waals surface area contributed by atoms with Crippen molar-refractivity contribution < 1.29 is 9.53 Å². The van der Waals surface area contributed by atoms with Gasteiger partial charge >= 0.3 is 0 Å². The lowest BCUT2D eigenvalue weighted by molar-refractivity contribution is -0.132. The van der Waals surface area contributed by atoms with E-state index in [-0.39, 0.29) is 23.0 Å². The first-order chi connectivity index (χ1) is 9.90. The Kier molecular flexibility index (Phi) is 11.8. The number of nitrogens with one attached hydrogen (secondary N) is 1. The van der Waals surface area contributed by atoms with Gasteiger partial charge in [0.2, 0.25) is 5.91 Å². The molecule has 0 heterocycles. The fourth-order valence-corrected chi connectivity index (χ4v) is 1.27. The van der Waals surface area contributed by atoms with Gasteiger partial charge in [-0.05, 0) is 53.0 Å². The fourth-order valence-electron chi connectivity index (χ4n) is 1.27. The van der Waals surface area contributed by atoms with Crippen LogP contribution in [0, 0.1) is 11.3 Å². The fraction of sp³-hybridized carbons (Fsp3) is 0.944. The smallest absolute Gasteiger partial charge is 0.226 e. The number of carbonyl (C=O) groups is 1. The third-order valence-electron chi connectivity index (χ3n) is 3.96. The van der Waals surface area contributed by atoms with Crippen molar-refractivity contribution in [1.82, 2.24) is 5.32 Å². The third-order valence-corrected chi connectivity index (χ3v) is 3.96. The zero-order chi connectivity index (χ0) is 18.0. The monoisotopic (exact) mass is 316 g/mol. The minimum Gasteiger partial charge on any atom is -0.379 e. The van der Waals surface area contributed by atoms with Crippen molar-refractivity contribution in [1.29, 1.82) is 0 Å². The Morgan fingerprint density at radius 2 is 1.59 bits per heavy atom. The second kappa shape index (κ2) is 11.0. The average molecular weight is 317 g/mol. The summed E-state index contributed by atoms with van der Waals surface area (Å²) in [5, 5.41) is 3.14. The molecular weight excluding hydrogens is 276 g/mol. The maximum atomic E-state index is 12.3. The van der Waals surface area contributed by atoms with E-state index in [1.165, 1.54) is 0 Å². The highest BCUT2D eigenvalue weighted by Crippen LogP contribution is 2.24. The summed E-state index contributed by atoms with van der Waals surface area (Å²) in [6.07, 6.45) is 2.06. The van der Waals surface area contributed by atoms with Gasteiger partial charge in [0.05, 0.1) is 6.10 Å². The highest BCUT2D eigenvalue weighted by molar-refractivity contribution is 5.82. The number of carbonyl (C=O) groups excluding carboxylic acids is 1. The Morgan fingerprint density at radius 3 is 1.91 bits per heavy atom. The molecule has 0 atom stereocenters. The van der Waals surface area contributed by atoms with Crippen LogP contribution < -0.4 is 11.1 Å². The standard InChI is InChI=1S/C15H31NO2.C3H9N/c1-11(2)15(7,8)16-13(17)14(5,6)9-10-18-12(3)4;1-2-3-4/h11-12H,9-10H2,1-8H3,(H,16,17);2-4H2,1H3. The molecule has 1 amide bonds. The Hall–Kier alpha value is -0.610. The van der Waals surface area contributed by atoms with Crippen molar-refractivity contribution in [2.24, 2.45) is 17.1 Å². The van der Waals surface area contributed by atoms with Crippen LogP contribution in [0.3, 0.4) is 0 Å². The van der Waals surface area contributed by atoms with E-state index in [9.17, 15) is 4.79 Å². The lowest BCUT2D eigenvalue weighted by atomic mass is 9.85. The zero-order valence-electron chi connectivity index (χ0n) is 16.4. The van der Waals surface area contributed by atoms with Crippen LogP contribution in [0.1, 0.15) is 75.2 Å². The van der Waals surface area contributed by atoms with E-state index in [2.05, 4.69) is 39.9 Å². The van der Waals surface area contributed by atoms with Crippen molar-refractivity contribution in [3.05, 3.63) is 0 Å². The van der Waals surface area contributed by atoms with E-state index >= 15 is 0 Å². The van der Waals surface area contributed by atoms with Gasteiger partial charge < -0.3 is 15.8 Å². The van der Waals surface area contributed by atoms with Crippen LogP contribution >= 0.6 is 0 Å². The molecule has 0 radical (unpaired) electrons. The molecule has 0 bridgehead atoms. The van der Waals surface area contributed by atoms with E-state index < -0.39 is 0 Å². The molecule has 0 rings (SSSR count). The first-order valence-corrected chi connectivity index (χ1v) is 8.55. The molecule has 0 aromatic carbocycles. The van der Waals surface area contributed by atoms with E-state index in [0.29, 0.717) is 12.5 Å². The van der Waals surface area contributed by atoms with Crippen LogP contribution in [0.25, 0.3) is 0 Å². The minimum atomic E-state index is -0.388. The minimum absolute atomic E-state index is 0.105. The van der Waals surface area contributed by atoms with Crippen LogP contribution in [0.5, 0.6) is 0 Å². The van der Waals surface area contributed by atoms with E-state index in [4.69, 9.17) is 10.5 Å². The Bertz CT molecular complexity index is 295. The second-order valence-corrected chi connectivity index (χ2v) is 7.67. The quantitative estimate of drug-likeness (QED) is 0.717. The summed E-state index contributed by atoms with van der Waals surface area (Å²) in [6, 6.07) is 0. The highest BCUT2D eigenvalue weighted by atomic mass is 16.5. The van der Waals surface area contributed by atoms with Crippen LogP contribution in [0.4, 0.5) is 0 Å². The van der Waals surface area contributed by atoms with Crippen molar-refractivity contribution in [3.63, 3.8) is 0 Å². The number of hydrogen-bond acceptors (Lipinski definition) is 3. The molecule has 0 aliphatic rings. The SMILES string of the molecule is CC(C)OCCC(C)(C)C(=O)NC(C)(C)C(C)C.CCCN. The predicted octanol–water partition coefficient (Wildman–Crippen LogP) is 3.73. The normalized spacial score (nSPS) is 12.2. The molecule has 3 N–H and O–H groups in total. The predicted molar refractivity (Wildman–Crippen MR) is 95.9 cm³/mol.